The van der Waals surface area contributed by atoms with Crippen LogP contribution in [0, 0.1) is 11.3 Å². The van der Waals surface area contributed by atoms with E-state index in [1.807, 2.05) is 48.5 Å². The Morgan fingerprint density at radius 3 is 2.73 bits per heavy atom. The highest BCUT2D eigenvalue weighted by molar-refractivity contribution is 5.79. The number of pyridine rings is 1. The largest absolute Gasteiger partial charge is 0.257 e. The Morgan fingerprint density at radius 1 is 1.05 bits per heavy atom. The van der Waals surface area contributed by atoms with Crippen molar-refractivity contribution >= 4 is 11.6 Å². The molecule has 0 bridgehead atoms. The number of nitrogens with zero attached hydrogens (tertiary/aromatic N) is 2. The maximum absolute atomic E-state index is 9.25. The molecule has 1 aliphatic rings. The molecule has 3 rings (SSSR count). The molecule has 0 radical (unpaired) electrons. The van der Waals surface area contributed by atoms with Crippen molar-refractivity contribution in [3.05, 3.63) is 89.3 Å². The number of allylic oxidation sites excluding steroid dienone is 5. The first kappa shape index (κ1) is 14.0. The summed E-state index contributed by atoms with van der Waals surface area (Å²) in [6, 6.07) is 15.9. The lowest BCUT2D eigenvalue weighted by molar-refractivity contribution is 0.996. The molecule has 0 atom stereocenters. The van der Waals surface area contributed by atoms with E-state index in [1.165, 1.54) is 5.57 Å². The Kier molecular flexibility index (Phi) is 4.27. The number of hydrogen-bond acceptors (Lipinski definition) is 2. The van der Waals surface area contributed by atoms with Crippen molar-refractivity contribution in [3.63, 3.8) is 0 Å². The van der Waals surface area contributed by atoms with E-state index in [0.717, 1.165) is 35.2 Å². The van der Waals surface area contributed by atoms with Crippen LogP contribution in [0.2, 0.25) is 0 Å². The lowest BCUT2D eigenvalue weighted by Gasteiger charge is -2.12. The Bertz CT molecular complexity index is 790. The minimum Gasteiger partial charge on any atom is -0.257 e. The van der Waals surface area contributed by atoms with Crippen LogP contribution < -0.4 is 0 Å². The first-order chi connectivity index (χ1) is 10.9. The molecule has 0 unspecified atom stereocenters. The number of nitriles is 1. The highest BCUT2D eigenvalue weighted by atomic mass is 14.6. The van der Waals surface area contributed by atoms with Crippen molar-refractivity contribution in [2.75, 3.05) is 0 Å². The summed E-state index contributed by atoms with van der Waals surface area (Å²) in [5.74, 6) is 0. The molecule has 0 N–H and O–H groups in total. The monoisotopic (exact) mass is 284 g/mol. The predicted molar refractivity (Wildman–Crippen MR) is 89.7 cm³/mol. The lowest BCUT2D eigenvalue weighted by Crippen LogP contribution is -1.93. The van der Waals surface area contributed by atoms with Gasteiger partial charge < -0.3 is 0 Å². The van der Waals surface area contributed by atoms with Gasteiger partial charge in [0.1, 0.15) is 0 Å². The second kappa shape index (κ2) is 6.69. The summed E-state index contributed by atoms with van der Waals surface area (Å²) in [5.41, 5.74) is 5.07. The maximum atomic E-state index is 9.25. The van der Waals surface area contributed by atoms with Crippen molar-refractivity contribution in [1.82, 2.24) is 4.98 Å². The number of benzene rings is 1. The van der Waals surface area contributed by atoms with Crippen LogP contribution in [-0.4, -0.2) is 4.98 Å². The number of rotatable bonds is 3. The van der Waals surface area contributed by atoms with Gasteiger partial charge >= 0.3 is 0 Å². The van der Waals surface area contributed by atoms with E-state index in [2.05, 4.69) is 29.3 Å². The summed E-state index contributed by atoms with van der Waals surface area (Å²) in [4.78, 5) is 4.30. The topological polar surface area (TPSA) is 36.7 Å². The van der Waals surface area contributed by atoms with Crippen LogP contribution in [0.15, 0.2) is 72.5 Å². The molecule has 106 valence electrons. The van der Waals surface area contributed by atoms with Crippen molar-refractivity contribution in [2.24, 2.45) is 0 Å². The van der Waals surface area contributed by atoms with Crippen LogP contribution in [0.3, 0.4) is 0 Å². The first-order valence-corrected chi connectivity index (χ1v) is 7.36. The average molecular weight is 284 g/mol. The molecule has 1 aliphatic carbocycles. The smallest absolute Gasteiger partial charge is 0.0998 e. The zero-order chi connectivity index (χ0) is 15.2. The molecule has 1 aromatic heterocycles. The minimum absolute atomic E-state index is 0.722. The summed E-state index contributed by atoms with van der Waals surface area (Å²) in [5, 5.41) is 9.25. The fourth-order valence-corrected chi connectivity index (χ4v) is 2.54. The van der Waals surface area contributed by atoms with Crippen LogP contribution in [0.4, 0.5) is 0 Å². The fourth-order valence-electron chi connectivity index (χ4n) is 2.54. The highest BCUT2D eigenvalue weighted by Gasteiger charge is 2.09. The SMILES string of the molecule is N#Cc1ccccc1C1=CCCC(C=Cc2ccccn2)=C1. The Morgan fingerprint density at radius 2 is 1.91 bits per heavy atom. The van der Waals surface area contributed by atoms with E-state index >= 15 is 0 Å². The molecule has 0 saturated carbocycles. The van der Waals surface area contributed by atoms with Crippen LogP contribution in [0.1, 0.15) is 29.7 Å². The average Bonchev–Trinajstić information content (AvgIpc) is 2.61. The van der Waals surface area contributed by atoms with Gasteiger partial charge in [0.2, 0.25) is 0 Å². The molecule has 1 aromatic carbocycles. The molecule has 0 amide bonds. The third kappa shape index (κ3) is 3.21. The maximum Gasteiger partial charge on any atom is 0.0998 e. The van der Waals surface area contributed by atoms with Gasteiger partial charge in [-0.25, -0.2) is 0 Å². The van der Waals surface area contributed by atoms with Crippen molar-refractivity contribution in [2.45, 2.75) is 12.8 Å². The van der Waals surface area contributed by atoms with E-state index in [4.69, 9.17) is 0 Å². The lowest BCUT2D eigenvalue weighted by atomic mass is 9.92. The quantitative estimate of drug-likeness (QED) is 0.814. The third-order valence-corrected chi connectivity index (χ3v) is 3.65. The Hall–Kier alpha value is -2.92. The molecule has 2 aromatic rings. The van der Waals surface area contributed by atoms with Gasteiger partial charge in [-0.2, -0.15) is 5.26 Å². The van der Waals surface area contributed by atoms with Gasteiger partial charge in [-0.1, -0.05) is 42.5 Å². The van der Waals surface area contributed by atoms with Crippen LogP contribution in [-0.2, 0) is 0 Å². The van der Waals surface area contributed by atoms with Gasteiger partial charge in [0.05, 0.1) is 17.3 Å². The second-order valence-electron chi connectivity index (χ2n) is 5.16. The number of hydrogen-bond donors (Lipinski definition) is 0. The molecule has 0 saturated heterocycles. The van der Waals surface area contributed by atoms with E-state index < -0.39 is 0 Å². The first-order valence-electron chi connectivity index (χ1n) is 7.36. The third-order valence-electron chi connectivity index (χ3n) is 3.65. The van der Waals surface area contributed by atoms with Gasteiger partial charge in [-0.05, 0) is 53.8 Å². The molecular formula is C20H16N2. The summed E-state index contributed by atoms with van der Waals surface area (Å²) in [7, 11) is 0. The molecule has 0 spiro atoms. The van der Waals surface area contributed by atoms with Crippen molar-refractivity contribution in [3.8, 4) is 6.07 Å². The van der Waals surface area contributed by atoms with Gasteiger partial charge in [-0.15, -0.1) is 0 Å². The molecule has 2 heteroatoms. The summed E-state index contributed by atoms with van der Waals surface area (Å²) in [6.07, 6.45) is 12.3. The predicted octanol–water partition coefficient (Wildman–Crippen LogP) is 4.77. The highest BCUT2D eigenvalue weighted by Crippen LogP contribution is 2.28. The normalized spacial score (nSPS) is 14.3. The van der Waals surface area contributed by atoms with Gasteiger partial charge in [0.15, 0.2) is 0 Å². The Labute approximate surface area is 130 Å². The van der Waals surface area contributed by atoms with E-state index in [1.54, 1.807) is 6.20 Å². The number of aromatic nitrogens is 1. The molecule has 1 heterocycles. The van der Waals surface area contributed by atoms with Gasteiger partial charge in [-0.3, -0.25) is 4.98 Å². The molecule has 0 aliphatic heterocycles. The second-order valence-corrected chi connectivity index (χ2v) is 5.16. The summed E-state index contributed by atoms with van der Waals surface area (Å²) >= 11 is 0. The van der Waals surface area contributed by atoms with Crippen LogP contribution in [0.25, 0.3) is 11.6 Å². The van der Waals surface area contributed by atoms with Gasteiger partial charge in [0, 0.05) is 6.20 Å². The molecule has 2 nitrogen and oxygen atoms in total. The van der Waals surface area contributed by atoms with Crippen LogP contribution in [0.5, 0.6) is 0 Å². The van der Waals surface area contributed by atoms with Gasteiger partial charge in [0.25, 0.3) is 0 Å². The van der Waals surface area contributed by atoms with Crippen LogP contribution >= 0.6 is 0 Å². The fraction of sp³-hybridized carbons (Fsp3) is 0.100. The van der Waals surface area contributed by atoms with Crippen molar-refractivity contribution in [1.29, 1.82) is 5.26 Å². The minimum atomic E-state index is 0.722. The summed E-state index contributed by atoms with van der Waals surface area (Å²) in [6.45, 7) is 0. The van der Waals surface area contributed by atoms with E-state index in [0.29, 0.717) is 0 Å². The zero-order valence-electron chi connectivity index (χ0n) is 12.2. The molecule has 0 fully saturated rings. The van der Waals surface area contributed by atoms with Crippen molar-refractivity contribution < 1.29 is 0 Å². The standard InChI is InChI=1S/C20H16N2/c21-15-18-7-1-2-10-20(18)17-8-5-6-16(14-17)11-12-19-9-3-4-13-22-19/h1-4,7-14H,5-6H2. The molecule has 22 heavy (non-hydrogen) atoms. The van der Waals surface area contributed by atoms with E-state index in [-0.39, 0.29) is 0 Å². The molecular weight excluding hydrogens is 268 g/mol. The Balaban J connectivity index is 1.86. The summed E-state index contributed by atoms with van der Waals surface area (Å²) < 4.78 is 0. The zero-order valence-corrected chi connectivity index (χ0v) is 12.2. The van der Waals surface area contributed by atoms with E-state index in [9.17, 15) is 5.26 Å².